The molecular formula is C22H14BrClN4O6. The lowest BCUT2D eigenvalue weighted by atomic mass is 10.1. The Bertz CT molecular complexity index is 1340. The number of benzene rings is 3. The first-order valence-electron chi connectivity index (χ1n) is 9.43. The number of carbonyl (C=O) groups is 2. The zero-order valence-electron chi connectivity index (χ0n) is 17.0. The number of nitro groups is 2. The average molecular weight is 546 g/mol. The Kier molecular flexibility index (Phi) is 7.71. The minimum absolute atomic E-state index is 0.0657. The van der Waals surface area contributed by atoms with Gasteiger partial charge in [0.25, 0.3) is 23.2 Å². The van der Waals surface area contributed by atoms with Gasteiger partial charge >= 0.3 is 0 Å². The molecule has 172 valence electrons. The maximum absolute atomic E-state index is 13.0. The van der Waals surface area contributed by atoms with Crippen LogP contribution in [0.5, 0.6) is 0 Å². The van der Waals surface area contributed by atoms with Gasteiger partial charge in [-0.05, 0) is 45.8 Å². The molecule has 2 N–H and O–H groups in total. The SMILES string of the molecule is O=C(Nc1ccccc1Br)C(=Cc1cccc([N+](=O)[O-])c1)NC(=O)c1cc([N+](=O)[O-])ccc1Cl. The molecular weight excluding hydrogens is 532 g/mol. The van der Waals surface area contributed by atoms with Gasteiger partial charge in [0.1, 0.15) is 5.70 Å². The Labute approximate surface area is 205 Å². The van der Waals surface area contributed by atoms with E-state index in [4.69, 9.17) is 11.6 Å². The van der Waals surface area contributed by atoms with Crippen molar-refractivity contribution < 1.29 is 19.4 Å². The van der Waals surface area contributed by atoms with E-state index in [1.54, 1.807) is 24.3 Å². The molecule has 0 saturated heterocycles. The lowest BCUT2D eigenvalue weighted by Gasteiger charge is -2.13. The number of para-hydroxylation sites is 1. The minimum atomic E-state index is -0.882. The molecule has 0 fully saturated rings. The van der Waals surface area contributed by atoms with Gasteiger partial charge in [-0.3, -0.25) is 29.8 Å². The summed E-state index contributed by atoms with van der Waals surface area (Å²) in [6.07, 6.45) is 1.24. The molecule has 0 heterocycles. The van der Waals surface area contributed by atoms with E-state index in [2.05, 4.69) is 26.6 Å². The van der Waals surface area contributed by atoms with Crippen molar-refractivity contribution in [2.75, 3.05) is 5.32 Å². The molecule has 0 aliphatic rings. The first-order valence-corrected chi connectivity index (χ1v) is 10.6. The monoisotopic (exact) mass is 544 g/mol. The lowest BCUT2D eigenvalue weighted by molar-refractivity contribution is -0.385. The highest BCUT2D eigenvalue weighted by Crippen LogP contribution is 2.24. The maximum Gasteiger partial charge on any atom is 0.272 e. The molecule has 0 saturated carbocycles. The van der Waals surface area contributed by atoms with Crippen molar-refractivity contribution in [1.82, 2.24) is 5.32 Å². The van der Waals surface area contributed by atoms with Crippen molar-refractivity contribution in [1.29, 1.82) is 0 Å². The third kappa shape index (κ3) is 6.03. The largest absolute Gasteiger partial charge is 0.320 e. The van der Waals surface area contributed by atoms with E-state index in [9.17, 15) is 29.8 Å². The number of anilines is 1. The van der Waals surface area contributed by atoms with Crippen LogP contribution in [0.4, 0.5) is 17.1 Å². The zero-order valence-corrected chi connectivity index (χ0v) is 19.4. The summed E-state index contributed by atoms with van der Waals surface area (Å²) in [5.41, 5.74) is -0.417. The highest BCUT2D eigenvalue weighted by atomic mass is 79.9. The zero-order chi connectivity index (χ0) is 24.8. The molecule has 2 amide bonds. The summed E-state index contributed by atoms with van der Waals surface area (Å²) in [5.74, 6) is -1.62. The predicted molar refractivity (Wildman–Crippen MR) is 129 cm³/mol. The van der Waals surface area contributed by atoms with E-state index in [0.717, 1.165) is 12.1 Å². The van der Waals surface area contributed by atoms with E-state index >= 15 is 0 Å². The fourth-order valence-corrected chi connectivity index (χ4v) is 3.38. The number of rotatable bonds is 7. The van der Waals surface area contributed by atoms with Gasteiger partial charge in [-0.1, -0.05) is 35.9 Å². The average Bonchev–Trinajstić information content (AvgIpc) is 2.80. The number of nitro benzene ring substituents is 2. The van der Waals surface area contributed by atoms with Gasteiger partial charge < -0.3 is 10.6 Å². The van der Waals surface area contributed by atoms with Crippen LogP contribution in [0.3, 0.4) is 0 Å². The lowest BCUT2D eigenvalue weighted by Crippen LogP contribution is -2.31. The fraction of sp³-hybridized carbons (Fsp3) is 0. The quantitative estimate of drug-likeness (QED) is 0.233. The predicted octanol–water partition coefficient (Wildman–Crippen LogP) is 5.33. The first kappa shape index (κ1) is 24.6. The molecule has 0 aliphatic carbocycles. The number of nitrogens with one attached hydrogen (secondary N) is 2. The molecule has 3 aromatic rings. The highest BCUT2D eigenvalue weighted by molar-refractivity contribution is 9.10. The molecule has 3 aromatic carbocycles. The molecule has 0 bridgehead atoms. The third-order valence-corrected chi connectivity index (χ3v) is 5.43. The Balaban J connectivity index is 2.00. The van der Waals surface area contributed by atoms with Gasteiger partial charge in [-0.2, -0.15) is 0 Å². The van der Waals surface area contributed by atoms with Crippen LogP contribution in [0.1, 0.15) is 15.9 Å². The molecule has 0 spiro atoms. The second-order valence-corrected chi connectivity index (χ2v) is 7.98. The Morgan fingerprint density at radius 3 is 2.26 bits per heavy atom. The summed E-state index contributed by atoms with van der Waals surface area (Å²) >= 11 is 9.35. The van der Waals surface area contributed by atoms with Crippen LogP contribution in [0.25, 0.3) is 6.08 Å². The van der Waals surface area contributed by atoms with Crippen LogP contribution < -0.4 is 10.6 Å². The van der Waals surface area contributed by atoms with Gasteiger partial charge in [0.05, 0.1) is 26.1 Å². The van der Waals surface area contributed by atoms with Gasteiger partial charge in [-0.15, -0.1) is 0 Å². The Morgan fingerprint density at radius 2 is 1.59 bits per heavy atom. The topological polar surface area (TPSA) is 144 Å². The molecule has 10 nitrogen and oxygen atoms in total. The second-order valence-electron chi connectivity index (χ2n) is 6.72. The first-order chi connectivity index (χ1) is 16.2. The standard InChI is InChI=1S/C22H14BrClN4O6/c23-17-6-1-2-7-19(17)25-22(30)20(11-13-4-3-5-14(10-13)27(31)32)26-21(29)16-12-15(28(33)34)8-9-18(16)24/h1-12H,(H,25,30)(H,26,29). The Hall–Kier alpha value is -4.09. The smallest absolute Gasteiger partial charge is 0.272 e. The van der Waals surface area contributed by atoms with Crippen LogP contribution in [-0.4, -0.2) is 21.7 Å². The van der Waals surface area contributed by atoms with Gasteiger partial charge in [0, 0.05) is 28.7 Å². The van der Waals surface area contributed by atoms with Crippen LogP contribution in [-0.2, 0) is 4.79 Å². The number of non-ortho nitro benzene ring substituents is 2. The van der Waals surface area contributed by atoms with E-state index in [-0.39, 0.29) is 33.2 Å². The van der Waals surface area contributed by atoms with Crippen LogP contribution >= 0.6 is 27.5 Å². The second kappa shape index (κ2) is 10.7. The minimum Gasteiger partial charge on any atom is -0.320 e. The van der Waals surface area contributed by atoms with Crippen molar-refractivity contribution in [2.45, 2.75) is 0 Å². The summed E-state index contributed by atoms with van der Waals surface area (Å²) in [5, 5.41) is 27.1. The van der Waals surface area contributed by atoms with Crippen molar-refractivity contribution >= 4 is 62.5 Å². The molecule has 0 aromatic heterocycles. The van der Waals surface area contributed by atoms with E-state index in [1.807, 2.05) is 0 Å². The molecule has 0 aliphatic heterocycles. The summed E-state index contributed by atoms with van der Waals surface area (Å²) in [4.78, 5) is 46.8. The van der Waals surface area contributed by atoms with Crippen molar-refractivity contribution in [3.8, 4) is 0 Å². The van der Waals surface area contributed by atoms with Gasteiger partial charge in [-0.25, -0.2) is 0 Å². The summed E-state index contributed by atoms with van der Waals surface area (Å²) in [7, 11) is 0. The molecule has 0 unspecified atom stereocenters. The van der Waals surface area contributed by atoms with E-state index < -0.39 is 21.7 Å². The molecule has 12 heteroatoms. The van der Waals surface area contributed by atoms with E-state index in [0.29, 0.717) is 10.2 Å². The van der Waals surface area contributed by atoms with Crippen LogP contribution in [0.2, 0.25) is 5.02 Å². The molecule has 34 heavy (non-hydrogen) atoms. The van der Waals surface area contributed by atoms with Crippen molar-refractivity contribution in [2.24, 2.45) is 0 Å². The van der Waals surface area contributed by atoms with Crippen LogP contribution in [0, 0.1) is 20.2 Å². The maximum atomic E-state index is 13.0. The number of halogens is 2. The number of carbonyl (C=O) groups excluding carboxylic acids is 2. The summed E-state index contributed by atoms with van der Waals surface area (Å²) < 4.78 is 0.575. The van der Waals surface area contributed by atoms with E-state index in [1.165, 1.54) is 36.4 Å². The normalized spacial score (nSPS) is 10.9. The van der Waals surface area contributed by atoms with Gasteiger partial charge in [0.2, 0.25) is 0 Å². The Morgan fingerprint density at radius 1 is 0.912 bits per heavy atom. The fourth-order valence-electron chi connectivity index (χ4n) is 2.80. The van der Waals surface area contributed by atoms with Gasteiger partial charge in [0.15, 0.2) is 0 Å². The number of hydrogen-bond acceptors (Lipinski definition) is 6. The van der Waals surface area contributed by atoms with Crippen LogP contribution in [0.15, 0.2) is 76.9 Å². The number of amides is 2. The molecule has 0 atom stereocenters. The van der Waals surface area contributed by atoms with Crippen molar-refractivity contribution in [3.63, 3.8) is 0 Å². The molecule has 0 radical (unpaired) electrons. The number of hydrogen-bond donors (Lipinski definition) is 2. The highest BCUT2D eigenvalue weighted by Gasteiger charge is 2.20. The third-order valence-electron chi connectivity index (χ3n) is 4.41. The van der Waals surface area contributed by atoms with Crippen molar-refractivity contribution in [3.05, 3.63) is 113 Å². The number of nitrogens with zero attached hydrogens (tertiary/aromatic N) is 2. The summed E-state index contributed by atoms with van der Waals surface area (Å²) in [6.45, 7) is 0. The molecule has 3 rings (SSSR count). The summed E-state index contributed by atoms with van der Waals surface area (Å²) in [6, 6.07) is 15.5.